The predicted octanol–water partition coefficient (Wildman–Crippen LogP) is 5.79. The van der Waals surface area contributed by atoms with Gasteiger partial charge in [-0.15, -0.1) is 0 Å². The van der Waals surface area contributed by atoms with Gasteiger partial charge in [-0.1, -0.05) is 18.6 Å². The summed E-state index contributed by atoms with van der Waals surface area (Å²) in [5.74, 6) is 1.70. The second-order valence-corrected chi connectivity index (χ2v) is 9.38. The van der Waals surface area contributed by atoms with Crippen LogP contribution >= 0.6 is 0 Å². The summed E-state index contributed by atoms with van der Waals surface area (Å²) in [7, 11) is 1.76. The van der Waals surface area contributed by atoms with Crippen LogP contribution in [-0.4, -0.2) is 18.8 Å². The van der Waals surface area contributed by atoms with Crippen LogP contribution in [0.1, 0.15) is 70.9 Å². The highest BCUT2D eigenvalue weighted by Crippen LogP contribution is 2.59. The van der Waals surface area contributed by atoms with Crippen molar-refractivity contribution >= 4 is 5.57 Å². The molecule has 3 aliphatic rings. The van der Waals surface area contributed by atoms with Gasteiger partial charge in [0.2, 0.25) is 0 Å². The van der Waals surface area contributed by atoms with E-state index in [0.29, 0.717) is 17.4 Å². The first-order valence-corrected chi connectivity index (χ1v) is 9.89. The van der Waals surface area contributed by atoms with Crippen LogP contribution in [0.25, 0.3) is 5.57 Å². The Morgan fingerprint density at radius 3 is 2.60 bits per heavy atom. The van der Waals surface area contributed by atoms with Gasteiger partial charge in [-0.25, -0.2) is 0 Å². The van der Waals surface area contributed by atoms with Gasteiger partial charge in [-0.05, 0) is 94.0 Å². The lowest BCUT2D eigenvalue weighted by Gasteiger charge is -2.45. The lowest BCUT2D eigenvalue weighted by atomic mass is 9.62. The van der Waals surface area contributed by atoms with Crippen molar-refractivity contribution in [3.05, 3.63) is 34.9 Å². The zero-order valence-corrected chi connectivity index (χ0v) is 16.4. The highest BCUT2D eigenvalue weighted by atomic mass is 16.5. The Morgan fingerprint density at radius 1 is 1.08 bits per heavy atom. The van der Waals surface area contributed by atoms with Gasteiger partial charge < -0.3 is 9.47 Å². The second kappa shape index (κ2) is 5.87. The summed E-state index contributed by atoms with van der Waals surface area (Å²) in [4.78, 5) is 0. The molecule has 1 aromatic carbocycles. The van der Waals surface area contributed by atoms with Crippen LogP contribution < -0.4 is 4.74 Å². The van der Waals surface area contributed by atoms with Gasteiger partial charge in [0.15, 0.2) is 0 Å². The van der Waals surface area contributed by atoms with E-state index in [4.69, 9.17) is 9.47 Å². The van der Waals surface area contributed by atoms with Crippen molar-refractivity contribution in [3.63, 3.8) is 0 Å². The van der Waals surface area contributed by atoms with E-state index in [9.17, 15) is 0 Å². The van der Waals surface area contributed by atoms with E-state index in [1.165, 1.54) is 43.2 Å². The molecular formula is C23H32O2. The molecule has 4 rings (SSSR count). The molecule has 0 N–H and O–H groups in total. The quantitative estimate of drug-likeness (QED) is 0.678. The van der Waals surface area contributed by atoms with Crippen molar-refractivity contribution in [1.29, 1.82) is 0 Å². The molecule has 0 aromatic heterocycles. The van der Waals surface area contributed by atoms with Crippen LogP contribution in [0.3, 0.4) is 0 Å². The zero-order chi connectivity index (χ0) is 17.8. The molecule has 25 heavy (non-hydrogen) atoms. The average Bonchev–Trinajstić information content (AvgIpc) is 2.89. The van der Waals surface area contributed by atoms with Crippen molar-refractivity contribution < 1.29 is 9.47 Å². The highest BCUT2D eigenvalue weighted by Gasteiger charge is 2.52. The van der Waals surface area contributed by atoms with E-state index in [0.717, 1.165) is 12.2 Å². The van der Waals surface area contributed by atoms with Crippen molar-refractivity contribution in [1.82, 2.24) is 0 Å². The number of aryl methyl sites for hydroxylation is 1. The first kappa shape index (κ1) is 17.1. The molecule has 0 saturated heterocycles. The normalized spacial score (nSPS) is 31.4. The molecule has 2 heteroatoms. The molecule has 1 aromatic rings. The molecule has 0 unspecified atom stereocenters. The number of methoxy groups -OCH3 is 1. The number of benzene rings is 1. The number of allylic oxidation sites excluding steroid dienone is 2. The summed E-state index contributed by atoms with van der Waals surface area (Å²) >= 11 is 0. The molecular weight excluding hydrogens is 308 g/mol. The Balaban J connectivity index is 1.68. The molecule has 0 heterocycles. The van der Waals surface area contributed by atoms with Crippen molar-refractivity contribution in [2.75, 3.05) is 7.11 Å². The monoisotopic (exact) mass is 340 g/mol. The minimum absolute atomic E-state index is 0.0487. The molecule has 3 atom stereocenters. The van der Waals surface area contributed by atoms with Crippen molar-refractivity contribution in [2.24, 2.45) is 11.3 Å². The molecule has 3 aliphatic carbocycles. The first-order chi connectivity index (χ1) is 11.8. The molecule has 1 fully saturated rings. The third kappa shape index (κ3) is 2.83. The van der Waals surface area contributed by atoms with E-state index in [1.54, 1.807) is 18.3 Å². The lowest BCUT2D eigenvalue weighted by molar-refractivity contribution is -0.109. The SMILES string of the molecule is COc1ccc2c(c1)CCC1=C2CC[C@@]2(C)[C@H](OC(C)(C)C)CC[C@@H]12. The maximum atomic E-state index is 6.51. The molecule has 0 aliphatic heterocycles. The predicted molar refractivity (Wildman–Crippen MR) is 103 cm³/mol. The highest BCUT2D eigenvalue weighted by molar-refractivity contribution is 5.75. The Bertz CT molecular complexity index is 709. The van der Waals surface area contributed by atoms with Gasteiger partial charge in [0.05, 0.1) is 18.8 Å². The van der Waals surface area contributed by atoms with Crippen LogP contribution in [-0.2, 0) is 11.2 Å². The van der Waals surface area contributed by atoms with Gasteiger partial charge >= 0.3 is 0 Å². The summed E-state index contributed by atoms with van der Waals surface area (Å²) in [6.07, 6.45) is 7.74. The van der Waals surface area contributed by atoms with Crippen molar-refractivity contribution in [2.45, 2.75) is 77.9 Å². The van der Waals surface area contributed by atoms with Crippen molar-refractivity contribution in [3.8, 4) is 5.75 Å². The average molecular weight is 341 g/mol. The van der Waals surface area contributed by atoms with E-state index in [1.807, 2.05) is 0 Å². The van der Waals surface area contributed by atoms with Crippen LogP contribution in [0.2, 0.25) is 0 Å². The fraction of sp³-hybridized carbons (Fsp3) is 0.652. The Kier molecular flexibility index (Phi) is 4.03. The third-order valence-corrected chi connectivity index (χ3v) is 6.77. The van der Waals surface area contributed by atoms with Gasteiger partial charge in [-0.2, -0.15) is 0 Å². The van der Waals surface area contributed by atoms with E-state index < -0.39 is 0 Å². The summed E-state index contributed by atoms with van der Waals surface area (Å²) < 4.78 is 11.9. The smallest absolute Gasteiger partial charge is 0.119 e. The number of hydrogen-bond donors (Lipinski definition) is 0. The van der Waals surface area contributed by atoms with Gasteiger partial charge in [-0.3, -0.25) is 0 Å². The van der Waals surface area contributed by atoms with Crippen LogP contribution in [0, 0.1) is 11.3 Å². The Hall–Kier alpha value is -1.28. The van der Waals surface area contributed by atoms with Crippen LogP contribution in [0.15, 0.2) is 23.8 Å². The van der Waals surface area contributed by atoms with Gasteiger partial charge in [0, 0.05) is 5.41 Å². The number of rotatable bonds is 2. The fourth-order valence-corrected chi connectivity index (χ4v) is 5.60. The topological polar surface area (TPSA) is 18.5 Å². The molecule has 0 bridgehead atoms. The maximum Gasteiger partial charge on any atom is 0.119 e. The van der Waals surface area contributed by atoms with Crippen LogP contribution in [0.5, 0.6) is 5.75 Å². The summed E-state index contributed by atoms with van der Waals surface area (Å²) in [6.45, 7) is 9.08. The Labute approximate surface area is 152 Å². The van der Waals surface area contributed by atoms with Gasteiger partial charge in [0.25, 0.3) is 0 Å². The minimum Gasteiger partial charge on any atom is -0.497 e. The van der Waals surface area contributed by atoms with E-state index in [-0.39, 0.29) is 5.60 Å². The van der Waals surface area contributed by atoms with E-state index >= 15 is 0 Å². The molecule has 136 valence electrons. The van der Waals surface area contributed by atoms with Gasteiger partial charge in [0.1, 0.15) is 5.75 Å². The summed E-state index contributed by atoms with van der Waals surface area (Å²) in [5.41, 5.74) is 6.61. The third-order valence-electron chi connectivity index (χ3n) is 6.77. The standard InChI is InChI=1S/C23H32O2/c1-22(2,3)25-21-11-10-20-19-8-6-15-14-16(24-5)7-9-17(15)18(19)12-13-23(20,21)4/h7,9,14,20-21H,6,8,10-13H2,1-5H3/t20-,21+,23+/m0/s1. The second-order valence-electron chi connectivity index (χ2n) is 9.38. The molecule has 0 amide bonds. The fourth-order valence-electron chi connectivity index (χ4n) is 5.60. The maximum absolute atomic E-state index is 6.51. The number of ether oxygens (including phenoxy) is 2. The molecule has 2 nitrogen and oxygen atoms in total. The Morgan fingerprint density at radius 2 is 1.88 bits per heavy atom. The molecule has 0 radical (unpaired) electrons. The first-order valence-electron chi connectivity index (χ1n) is 9.89. The number of fused-ring (bicyclic) bond motifs is 4. The van der Waals surface area contributed by atoms with Crippen LogP contribution in [0.4, 0.5) is 0 Å². The molecule has 0 spiro atoms. The zero-order valence-electron chi connectivity index (χ0n) is 16.4. The van der Waals surface area contributed by atoms with E-state index in [2.05, 4.69) is 45.9 Å². The molecule has 1 saturated carbocycles. The summed E-state index contributed by atoms with van der Waals surface area (Å²) in [6, 6.07) is 6.67. The number of hydrogen-bond acceptors (Lipinski definition) is 2. The largest absolute Gasteiger partial charge is 0.497 e. The lowest BCUT2D eigenvalue weighted by Crippen LogP contribution is -2.41. The minimum atomic E-state index is -0.0487. The summed E-state index contributed by atoms with van der Waals surface area (Å²) in [5, 5.41) is 0.